The Morgan fingerprint density at radius 3 is 2.37 bits per heavy atom. The van der Waals surface area contributed by atoms with Gasteiger partial charge < -0.3 is 15.0 Å². The molecular weight excluding hydrogens is 451 g/mol. The van der Waals surface area contributed by atoms with Gasteiger partial charge in [0.2, 0.25) is 0 Å². The summed E-state index contributed by atoms with van der Waals surface area (Å²) in [5.74, 6) is 2.81. The molecule has 0 spiro atoms. The Kier molecular flexibility index (Phi) is 9.62. The van der Waals surface area contributed by atoms with Crippen molar-refractivity contribution in [1.82, 2.24) is 15.1 Å². The second-order valence-electron chi connectivity index (χ2n) is 8.94. The lowest BCUT2D eigenvalue weighted by atomic mass is 9.83. The first-order valence-electron chi connectivity index (χ1n) is 10.9. The van der Waals surface area contributed by atoms with Gasteiger partial charge in [-0.2, -0.15) is 0 Å². The molecule has 2 aliphatic heterocycles. The van der Waals surface area contributed by atoms with Crippen molar-refractivity contribution in [2.24, 2.45) is 16.8 Å². The summed E-state index contributed by atoms with van der Waals surface area (Å²) in [5.41, 5.74) is 0.256. The molecule has 0 unspecified atom stereocenters. The summed E-state index contributed by atoms with van der Waals surface area (Å²) in [7, 11) is 4.13. The van der Waals surface area contributed by atoms with Gasteiger partial charge in [-0.25, -0.2) is 0 Å². The average molecular weight is 492 g/mol. The molecule has 2 saturated heterocycles. The third-order valence-electron chi connectivity index (χ3n) is 7.02. The summed E-state index contributed by atoms with van der Waals surface area (Å²) in [5, 5.41) is 3.73. The summed E-state index contributed by atoms with van der Waals surface area (Å²) < 4.78 is 5.68. The number of hydrogen-bond acceptors (Lipinski definition) is 3. The summed E-state index contributed by atoms with van der Waals surface area (Å²) in [6, 6.07) is 0. The molecule has 0 radical (unpaired) electrons. The van der Waals surface area contributed by atoms with Gasteiger partial charge in [-0.1, -0.05) is 19.8 Å². The highest BCUT2D eigenvalue weighted by Crippen LogP contribution is 2.31. The van der Waals surface area contributed by atoms with E-state index in [9.17, 15) is 0 Å². The quantitative estimate of drug-likeness (QED) is 0.362. The van der Waals surface area contributed by atoms with E-state index in [0.717, 1.165) is 56.9 Å². The van der Waals surface area contributed by atoms with E-state index in [1.807, 2.05) is 7.05 Å². The van der Waals surface area contributed by atoms with Crippen LogP contribution in [0.4, 0.5) is 0 Å². The van der Waals surface area contributed by atoms with Gasteiger partial charge >= 0.3 is 0 Å². The zero-order valence-electron chi connectivity index (χ0n) is 17.7. The molecule has 3 fully saturated rings. The molecule has 1 saturated carbocycles. The third kappa shape index (κ3) is 6.20. The minimum absolute atomic E-state index is 0. The van der Waals surface area contributed by atoms with E-state index >= 15 is 0 Å². The van der Waals surface area contributed by atoms with Gasteiger partial charge in [0.15, 0.2) is 5.96 Å². The van der Waals surface area contributed by atoms with Crippen LogP contribution in [0.1, 0.15) is 58.3 Å². The molecule has 1 N–H and O–H groups in total. The van der Waals surface area contributed by atoms with E-state index in [0.29, 0.717) is 0 Å². The smallest absolute Gasteiger partial charge is 0.193 e. The van der Waals surface area contributed by atoms with Crippen LogP contribution in [0, 0.1) is 11.8 Å². The first-order chi connectivity index (χ1) is 12.6. The van der Waals surface area contributed by atoms with E-state index in [1.54, 1.807) is 0 Å². The number of likely N-dealkylation sites (tertiary alicyclic amines) is 1. The molecule has 1 aliphatic carbocycles. The van der Waals surface area contributed by atoms with Gasteiger partial charge in [-0.05, 0) is 63.5 Å². The van der Waals surface area contributed by atoms with Crippen LogP contribution in [0.25, 0.3) is 0 Å². The molecule has 158 valence electrons. The van der Waals surface area contributed by atoms with Crippen LogP contribution in [-0.4, -0.2) is 74.8 Å². The Bertz CT molecular complexity index is 453. The summed E-state index contributed by atoms with van der Waals surface area (Å²) in [6.45, 7) is 8.81. The second kappa shape index (κ2) is 11.2. The maximum Gasteiger partial charge on any atom is 0.193 e. The lowest BCUT2D eigenvalue weighted by molar-refractivity contribution is -0.0166. The first kappa shape index (κ1) is 23.2. The molecule has 0 bridgehead atoms. The number of rotatable bonds is 5. The third-order valence-corrected chi connectivity index (χ3v) is 7.02. The van der Waals surface area contributed by atoms with Crippen molar-refractivity contribution in [2.75, 3.05) is 53.5 Å². The van der Waals surface area contributed by atoms with Crippen LogP contribution < -0.4 is 5.32 Å². The number of ether oxygens (including phenoxy) is 1. The number of nitrogens with zero attached hydrogens (tertiary/aromatic N) is 3. The van der Waals surface area contributed by atoms with Crippen LogP contribution in [-0.2, 0) is 4.74 Å². The predicted octanol–water partition coefficient (Wildman–Crippen LogP) is 3.58. The molecule has 0 aromatic heterocycles. The van der Waals surface area contributed by atoms with Gasteiger partial charge in [-0.3, -0.25) is 9.89 Å². The van der Waals surface area contributed by atoms with Crippen molar-refractivity contribution in [2.45, 2.75) is 63.8 Å². The Morgan fingerprint density at radius 1 is 1.15 bits per heavy atom. The van der Waals surface area contributed by atoms with E-state index in [4.69, 9.17) is 4.74 Å². The Labute approximate surface area is 183 Å². The molecule has 27 heavy (non-hydrogen) atoms. The number of hydrogen-bond donors (Lipinski definition) is 1. The highest BCUT2D eigenvalue weighted by Gasteiger charge is 2.39. The van der Waals surface area contributed by atoms with Crippen LogP contribution in [0.3, 0.4) is 0 Å². The fraction of sp³-hybridized carbons (Fsp3) is 0.952. The summed E-state index contributed by atoms with van der Waals surface area (Å²) >= 11 is 0. The first-order valence-corrected chi connectivity index (χ1v) is 10.9. The van der Waals surface area contributed by atoms with Crippen LogP contribution in [0.5, 0.6) is 0 Å². The monoisotopic (exact) mass is 492 g/mol. The van der Waals surface area contributed by atoms with E-state index < -0.39 is 0 Å². The number of aliphatic imine (C=N–C) groups is 1. The molecule has 3 rings (SSSR count). The normalized spacial score (nSPS) is 29.2. The Balaban J connectivity index is 0.00000261. The molecular formula is C21H41IN4O. The standard InChI is InChI=1S/C21H40N4O.HI/c1-18-6-8-19(9-7-18)16-24(3)20(22-2)23-17-21(10-14-26-15-11-21)25-12-4-5-13-25;/h18-19H,4-17H2,1-3H3,(H,22,23);1H. The minimum Gasteiger partial charge on any atom is -0.381 e. The highest BCUT2D eigenvalue weighted by atomic mass is 127. The molecule has 5 nitrogen and oxygen atoms in total. The average Bonchev–Trinajstić information content (AvgIpc) is 3.20. The molecule has 0 aromatic rings. The van der Waals surface area contributed by atoms with Gasteiger partial charge in [0, 0.05) is 45.9 Å². The van der Waals surface area contributed by atoms with E-state index in [2.05, 4.69) is 34.1 Å². The molecule has 6 heteroatoms. The summed E-state index contributed by atoms with van der Waals surface area (Å²) in [6.07, 6.45) is 10.5. The topological polar surface area (TPSA) is 40.1 Å². The van der Waals surface area contributed by atoms with Gasteiger partial charge in [0.05, 0.1) is 0 Å². The Hall–Kier alpha value is -0.0800. The van der Waals surface area contributed by atoms with Crippen molar-refractivity contribution in [3.05, 3.63) is 0 Å². The maximum absolute atomic E-state index is 5.68. The van der Waals surface area contributed by atoms with Crippen molar-refractivity contribution in [3.63, 3.8) is 0 Å². The van der Waals surface area contributed by atoms with Gasteiger partial charge in [-0.15, -0.1) is 24.0 Å². The summed E-state index contributed by atoms with van der Waals surface area (Å²) in [4.78, 5) is 9.67. The molecule has 2 heterocycles. The fourth-order valence-corrected chi connectivity index (χ4v) is 5.16. The zero-order valence-corrected chi connectivity index (χ0v) is 20.0. The van der Waals surface area contributed by atoms with E-state index in [1.165, 1.54) is 51.6 Å². The fourth-order valence-electron chi connectivity index (χ4n) is 5.16. The molecule has 0 aromatic carbocycles. The minimum atomic E-state index is 0. The SMILES string of the molecule is CN=C(NCC1(N2CCCC2)CCOCC1)N(C)CC1CCC(C)CC1.I. The highest BCUT2D eigenvalue weighted by molar-refractivity contribution is 14.0. The second-order valence-corrected chi connectivity index (χ2v) is 8.94. The number of guanidine groups is 1. The largest absolute Gasteiger partial charge is 0.381 e. The zero-order chi connectivity index (χ0) is 18.4. The van der Waals surface area contributed by atoms with Crippen molar-refractivity contribution in [1.29, 1.82) is 0 Å². The lowest BCUT2D eigenvalue weighted by Crippen LogP contribution is -2.58. The van der Waals surface area contributed by atoms with Crippen molar-refractivity contribution >= 4 is 29.9 Å². The Morgan fingerprint density at radius 2 is 1.78 bits per heavy atom. The number of halogens is 1. The molecule has 0 atom stereocenters. The van der Waals surface area contributed by atoms with Crippen LogP contribution >= 0.6 is 24.0 Å². The predicted molar refractivity (Wildman–Crippen MR) is 124 cm³/mol. The van der Waals surface area contributed by atoms with Crippen LogP contribution in [0.15, 0.2) is 4.99 Å². The number of nitrogens with one attached hydrogen (secondary N) is 1. The molecule has 0 amide bonds. The van der Waals surface area contributed by atoms with Gasteiger partial charge in [0.25, 0.3) is 0 Å². The van der Waals surface area contributed by atoms with Gasteiger partial charge in [0.1, 0.15) is 0 Å². The molecule has 3 aliphatic rings. The van der Waals surface area contributed by atoms with Crippen LogP contribution in [0.2, 0.25) is 0 Å². The maximum atomic E-state index is 5.68. The van der Waals surface area contributed by atoms with E-state index in [-0.39, 0.29) is 29.5 Å². The van der Waals surface area contributed by atoms with Crippen molar-refractivity contribution < 1.29 is 4.74 Å². The van der Waals surface area contributed by atoms with Crippen molar-refractivity contribution in [3.8, 4) is 0 Å². The lowest BCUT2D eigenvalue weighted by Gasteiger charge is -2.45.